The number of para-hydroxylation sites is 1. The van der Waals surface area contributed by atoms with E-state index in [9.17, 15) is 4.79 Å². The van der Waals surface area contributed by atoms with E-state index in [4.69, 9.17) is 9.47 Å². The number of anilines is 1. The zero-order valence-corrected chi connectivity index (χ0v) is 15.3. The van der Waals surface area contributed by atoms with E-state index < -0.39 is 0 Å². The zero-order chi connectivity index (χ0) is 17.6. The molecule has 0 aliphatic carbocycles. The normalized spacial score (nSPS) is 16.6. The van der Waals surface area contributed by atoms with E-state index in [0.29, 0.717) is 11.4 Å². The number of hydrogen-bond donors (Lipinski definition) is 2. The average Bonchev–Trinajstić information content (AvgIpc) is 3.27. The number of aryl methyl sites for hydroxylation is 1. The first-order chi connectivity index (χ1) is 12.2. The van der Waals surface area contributed by atoms with Crippen molar-refractivity contribution < 1.29 is 14.3 Å². The average molecular weight is 361 g/mol. The summed E-state index contributed by atoms with van der Waals surface area (Å²) in [7, 11) is 1.63. The molecule has 7 heteroatoms. The molecular weight excluding hydrogens is 338 g/mol. The largest absolute Gasteiger partial charge is 0.496 e. The first-order valence-corrected chi connectivity index (χ1v) is 9.22. The maximum Gasteiger partial charge on any atom is 0.263 e. The number of thiazole rings is 1. The molecule has 25 heavy (non-hydrogen) atoms. The fourth-order valence-corrected chi connectivity index (χ4v) is 3.68. The minimum atomic E-state index is -0.119. The number of amides is 1. The second-order valence-corrected chi connectivity index (χ2v) is 6.94. The maximum absolute atomic E-state index is 12.5. The maximum atomic E-state index is 12.5. The molecule has 1 amide bonds. The molecule has 1 aliphatic rings. The van der Waals surface area contributed by atoms with Gasteiger partial charge in [-0.1, -0.05) is 29.5 Å². The predicted molar refractivity (Wildman–Crippen MR) is 98.5 cm³/mol. The van der Waals surface area contributed by atoms with E-state index in [1.165, 1.54) is 11.3 Å². The van der Waals surface area contributed by atoms with Gasteiger partial charge in [0.1, 0.15) is 10.6 Å². The summed E-state index contributed by atoms with van der Waals surface area (Å²) >= 11 is 1.37. The lowest BCUT2D eigenvalue weighted by molar-refractivity contribution is 0.0954. The summed E-state index contributed by atoms with van der Waals surface area (Å²) in [6, 6.07) is 7.65. The lowest BCUT2D eigenvalue weighted by Crippen LogP contribution is -2.22. The summed E-state index contributed by atoms with van der Waals surface area (Å²) in [5.41, 5.74) is 1.68. The summed E-state index contributed by atoms with van der Waals surface area (Å²) in [4.78, 5) is 17.6. The molecule has 1 fully saturated rings. The van der Waals surface area contributed by atoms with Gasteiger partial charge in [0.05, 0.1) is 18.9 Å². The Morgan fingerprint density at radius 1 is 1.44 bits per heavy atom. The predicted octanol–water partition coefficient (Wildman–Crippen LogP) is 2.98. The van der Waals surface area contributed by atoms with Crippen LogP contribution < -0.4 is 15.4 Å². The summed E-state index contributed by atoms with van der Waals surface area (Å²) in [6.45, 7) is 3.83. The Kier molecular flexibility index (Phi) is 5.88. The quantitative estimate of drug-likeness (QED) is 0.793. The molecule has 2 N–H and O–H groups in total. The molecule has 1 aromatic heterocycles. The third-order valence-electron chi connectivity index (χ3n) is 4.14. The fourth-order valence-electron chi connectivity index (χ4n) is 2.79. The van der Waals surface area contributed by atoms with E-state index in [2.05, 4.69) is 15.6 Å². The van der Waals surface area contributed by atoms with Crippen LogP contribution in [0.25, 0.3) is 0 Å². The molecule has 0 saturated carbocycles. The number of carbonyl (C=O) groups is 1. The highest BCUT2D eigenvalue weighted by Gasteiger charge is 2.18. The van der Waals surface area contributed by atoms with Gasteiger partial charge in [0.25, 0.3) is 5.91 Å². The van der Waals surface area contributed by atoms with Crippen molar-refractivity contribution in [1.82, 2.24) is 10.3 Å². The molecule has 3 rings (SSSR count). The van der Waals surface area contributed by atoms with Gasteiger partial charge in [-0.3, -0.25) is 4.79 Å². The van der Waals surface area contributed by atoms with E-state index in [1.807, 2.05) is 31.2 Å². The standard InChI is InChI=1S/C18H23N3O3S/c1-12-16(25-18(21-12)20-11-14-7-5-9-24-14)17(22)19-10-13-6-3-4-8-15(13)23-2/h3-4,6,8,14H,5,7,9-11H2,1-2H3,(H,19,22)(H,20,21)/t14-/m1/s1. The second-order valence-electron chi connectivity index (χ2n) is 5.94. The molecule has 0 radical (unpaired) electrons. The monoisotopic (exact) mass is 361 g/mol. The highest BCUT2D eigenvalue weighted by atomic mass is 32.1. The van der Waals surface area contributed by atoms with Crippen molar-refractivity contribution in [2.75, 3.05) is 25.6 Å². The molecule has 0 unspecified atom stereocenters. The number of benzene rings is 1. The van der Waals surface area contributed by atoms with Crippen LogP contribution in [0.4, 0.5) is 5.13 Å². The van der Waals surface area contributed by atoms with Crippen LogP contribution in [-0.4, -0.2) is 37.3 Å². The number of aromatic nitrogens is 1. The third kappa shape index (κ3) is 4.49. The Bertz CT molecular complexity index is 726. The van der Waals surface area contributed by atoms with Crippen LogP contribution in [-0.2, 0) is 11.3 Å². The molecule has 1 atom stereocenters. The van der Waals surface area contributed by atoms with E-state index in [-0.39, 0.29) is 12.0 Å². The molecule has 1 aromatic carbocycles. The highest BCUT2D eigenvalue weighted by molar-refractivity contribution is 7.17. The summed E-state index contributed by atoms with van der Waals surface area (Å²) in [6.07, 6.45) is 2.43. The number of methoxy groups -OCH3 is 1. The van der Waals surface area contributed by atoms with Gasteiger partial charge in [-0.15, -0.1) is 0 Å². The smallest absolute Gasteiger partial charge is 0.263 e. The Hall–Kier alpha value is -2.12. The molecular formula is C18H23N3O3S. The van der Waals surface area contributed by atoms with Crippen LogP contribution in [0.1, 0.15) is 33.8 Å². The SMILES string of the molecule is COc1ccccc1CNC(=O)c1sc(NC[C@H]2CCCO2)nc1C. The van der Waals surface area contributed by atoms with Gasteiger partial charge in [0, 0.05) is 25.3 Å². The van der Waals surface area contributed by atoms with E-state index in [1.54, 1.807) is 7.11 Å². The van der Waals surface area contributed by atoms with Crippen molar-refractivity contribution >= 4 is 22.4 Å². The van der Waals surface area contributed by atoms with Crippen LogP contribution >= 0.6 is 11.3 Å². The molecule has 1 saturated heterocycles. The molecule has 2 heterocycles. The second kappa shape index (κ2) is 8.31. The van der Waals surface area contributed by atoms with Crippen LogP contribution in [0, 0.1) is 6.92 Å². The number of ether oxygens (including phenoxy) is 2. The molecule has 0 spiro atoms. The highest BCUT2D eigenvalue weighted by Crippen LogP contribution is 2.24. The van der Waals surface area contributed by atoms with Crippen molar-refractivity contribution in [1.29, 1.82) is 0 Å². The van der Waals surface area contributed by atoms with E-state index >= 15 is 0 Å². The zero-order valence-electron chi connectivity index (χ0n) is 14.5. The Morgan fingerprint density at radius 3 is 3.04 bits per heavy atom. The molecule has 0 bridgehead atoms. The van der Waals surface area contributed by atoms with Crippen molar-refractivity contribution in [3.63, 3.8) is 0 Å². The Labute approximate surface area is 151 Å². The molecule has 1 aliphatic heterocycles. The van der Waals surface area contributed by atoms with Gasteiger partial charge in [-0.05, 0) is 25.8 Å². The first-order valence-electron chi connectivity index (χ1n) is 8.40. The molecule has 134 valence electrons. The minimum Gasteiger partial charge on any atom is -0.496 e. The van der Waals surface area contributed by atoms with Gasteiger partial charge in [-0.2, -0.15) is 0 Å². The lowest BCUT2D eigenvalue weighted by Gasteiger charge is -2.09. The number of nitrogens with zero attached hydrogens (tertiary/aromatic N) is 1. The van der Waals surface area contributed by atoms with Crippen LogP contribution in [0.15, 0.2) is 24.3 Å². The Morgan fingerprint density at radius 2 is 2.28 bits per heavy atom. The molecule has 6 nitrogen and oxygen atoms in total. The van der Waals surface area contributed by atoms with Gasteiger partial charge in [0.15, 0.2) is 5.13 Å². The van der Waals surface area contributed by atoms with Gasteiger partial charge >= 0.3 is 0 Å². The summed E-state index contributed by atoms with van der Waals surface area (Å²) < 4.78 is 10.9. The van der Waals surface area contributed by atoms with Crippen LogP contribution in [0.5, 0.6) is 5.75 Å². The van der Waals surface area contributed by atoms with Crippen molar-refractivity contribution in [2.45, 2.75) is 32.4 Å². The lowest BCUT2D eigenvalue weighted by atomic mass is 10.2. The minimum absolute atomic E-state index is 0.119. The fraction of sp³-hybridized carbons (Fsp3) is 0.444. The first kappa shape index (κ1) is 17.7. The molecule has 2 aromatic rings. The summed E-state index contributed by atoms with van der Waals surface area (Å²) in [5.74, 6) is 0.647. The summed E-state index contributed by atoms with van der Waals surface area (Å²) in [5, 5.41) is 6.98. The number of carbonyl (C=O) groups excluding carboxylic acids is 1. The van der Waals surface area contributed by atoms with Crippen molar-refractivity contribution in [3.05, 3.63) is 40.4 Å². The van der Waals surface area contributed by atoms with Gasteiger partial charge < -0.3 is 20.1 Å². The van der Waals surface area contributed by atoms with Crippen LogP contribution in [0.2, 0.25) is 0 Å². The van der Waals surface area contributed by atoms with E-state index in [0.717, 1.165) is 48.1 Å². The Balaban J connectivity index is 1.58. The number of rotatable bonds is 7. The van der Waals surface area contributed by atoms with Crippen molar-refractivity contribution in [2.24, 2.45) is 0 Å². The van der Waals surface area contributed by atoms with Crippen molar-refractivity contribution in [3.8, 4) is 5.75 Å². The van der Waals surface area contributed by atoms with Gasteiger partial charge in [0.2, 0.25) is 0 Å². The number of hydrogen-bond acceptors (Lipinski definition) is 6. The number of nitrogens with one attached hydrogen (secondary N) is 2. The van der Waals surface area contributed by atoms with Crippen LogP contribution in [0.3, 0.4) is 0 Å². The third-order valence-corrected chi connectivity index (χ3v) is 5.25. The topological polar surface area (TPSA) is 72.5 Å². The van der Waals surface area contributed by atoms with Gasteiger partial charge in [-0.25, -0.2) is 4.98 Å².